The number of hydrogen-bond acceptors (Lipinski definition) is 3. The average molecular weight is 387 g/mol. The van der Waals surface area contributed by atoms with Crippen molar-refractivity contribution in [1.82, 2.24) is 15.2 Å². The summed E-state index contributed by atoms with van der Waals surface area (Å²) in [6.07, 6.45) is 4.36. The Balaban J connectivity index is 1.49. The van der Waals surface area contributed by atoms with Crippen LogP contribution in [0.3, 0.4) is 0 Å². The van der Waals surface area contributed by atoms with Gasteiger partial charge in [-0.05, 0) is 41.8 Å². The molecular weight excluding hydrogens is 366 g/mol. The first-order valence-electron chi connectivity index (χ1n) is 9.50. The normalized spacial score (nSPS) is 13.0. The molecule has 6 nitrogen and oxygen atoms in total. The Morgan fingerprint density at radius 2 is 1.83 bits per heavy atom. The van der Waals surface area contributed by atoms with Crippen LogP contribution in [0, 0.1) is 0 Å². The number of nitrogens with one attached hydrogen (secondary N) is 2. The fraction of sp³-hybridized carbons (Fsp3) is 0.174. The summed E-state index contributed by atoms with van der Waals surface area (Å²) in [6, 6.07) is 12.7. The topological polar surface area (TPSA) is 82.3 Å². The van der Waals surface area contributed by atoms with Crippen LogP contribution < -0.4 is 5.32 Å². The van der Waals surface area contributed by atoms with Gasteiger partial charge in [-0.1, -0.05) is 24.3 Å². The standard InChI is InChI=1S/C23H21N3O3/c1-2-10-24-21(27)13-15-7-8-20-19(12-15)16(14-25-20)9-11-26-22(28)17-5-3-4-6-18(17)23(26)29/h2-8,12,14,25H,1,9-11,13H2,(H,24,27). The quantitative estimate of drug-likeness (QED) is 0.483. The highest BCUT2D eigenvalue weighted by Crippen LogP contribution is 2.25. The number of aromatic nitrogens is 1. The molecule has 0 atom stereocenters. The van der Waals surface area contributed by atoms with E-state index in [1.54, 1.807) is 30.3 Å². The average Bonchev–Trinajstić information content (AvgIpc) is 3.24. The summed E-state index contributed by atoms with van der Waals surface area (Å²) in [5.41, 5.74) is 3.79. The van der Waals surface area contributed by atoms with Crippen LogP contribution in [-0.2, 0) is 17.6 Å². The van der Waals surface area contributed by atoms with Crippen LogP contribution in [0.1, 0.15) is 31.8 Å². The predicted molar refractivity (Wildman–Crippen MR) is 111 cm³/mol. The predicted octanol–water partition coefficient (Wildman–Crippen LogP) is 2.85. The van der Waals surface area contributed by atoms with Crippen LogP contribution in [0.15, 0.2) is 61.3 Å². The molecule has 1 aliphatic rings. The molecule has 29 heavy (non-hydrogen) atoms. The molecule has 3 amide bonds. The highest BCUT2D eigenvalue weighted by Gasteiger charge is 2.34. The summed E-state index contributed by atoms with van der Waals surface area (Å²) >= 11 is 0. The lowest BCUT2D eigenvalue weighted by atomic mass is 10.0. The van der Waals surface area contributed by atoms with E-state index in [4.69, 9.17) is 0 Å². The fourth-order valence-corrected chi connectivity index (χ4v) is 3.65. The Labute approximate surface area is 168 Å². The molecule has 2 aromatic carbocycles. The van der Waals surface area contributed by atoms with Crippen LogP contribution in [-0.4, -0.2) is 40.7 Å². The number of fused-ring (bicyclic) bond motifs is 2. The summed E-state index contributed by atoms with van der Waals surface area (Å²) in [6.45, 7) is 4.34. The molecular formula is C23H21N3O3. The van der Waals surface area contributed by atoms with Crippen molar-refractivity contribution in [2.45, 2.75) is 12.8 Å². The lowest BCUT2D eigenvalue weighted by molar-refractivity contribution is -0.120. The third-order valence-electron chi connectivity index (χ3n) is 5.12. The SMILES string of the molecule is C=CCNC(=O)Cc1ccc2[nH]cc(CCN3C(=O)c4ccccc4C3=O)c2c1. The largest absolute Gasteiger partial charge is 0.361 e. The summed E-state index contributed by atoms with van der Waals surface area (Å²) in [5.74, 6) is -0.553. The van der Waals surface area contributed by atoms with E-state index in [9.17, 15) is 14.4 Å². The molecule has 3 aromatic rings. The van der Waals surface area contributed by atoms with Crippen molar-refractivity contribution in [2.75, 3.05) is 13.1 Å². The number of rotatable bonds is 7. The Kier molecular flexibility index (Phi) is 4.99. The second kappa shape index (κ2) is 7.75. The van der Waals surface area contributed by atoms with E-state index in [-0.39, 0.29) is 24.1 Å². The molecule has 146 valence electrons. The second-order valence-corrected chi connectivity index (χ2v) is 7.02. The third-order valence-corrected chi connectivity index (χ3v) is 5.12. The first-order valence-corrected chi connectivity index (χ1v) is 9.50. The first kappa shape index (κ1) is 18.7. The molecule has 0 bridgehead atoms. The Bertz CT molecular complexity index is 1090. The van der Waals surface area contributed by atoms with E-state index in [1.165, 1.54) is 4.90 Å². The van der Waals surface area contributed by atoms with Gasteiger partial charge in [0, 0.05) is 30.2 Å². The number of nitrogens with zero attached hydrogens (tertiary/aromatic N) is 1. The number of carbonyl (C=O) groups excluding carboxylic acids is 3. The third kappa shape index (κ3) is 3.57. The maximum atomic E-state index is 12.5. The number of aromatic amines is 1. The van der Waals surface area contributed by atoms with Crippen LogP contribution in [0.5, 0.6) is 0 Å². The van der Waals surface area contributed by atoms with Crippen LogP contribution >= 0.6 is 0 Å². The lowest BCUT2D eigenvalue weighted by Gasteiger charge is -2.13. The van der Waals surface area contributed by atoms with Gasteiger partial charge >= 0.3 is 0 Å². The van der Waals surface area contributed by atoms with Gasteiger partial charge in [-0.3, -0.25) is 19.3 Å². The van der Waals surface area contributed by atoms with Gasteiger partial charge in [-0.2, -0.15) is 0 Å². The Morgan fingerprint density at radius 1 is 1.10 bits per heavy atom. The number of imide groups is 1. The summed E-state index contributed by atoms with van der Waals surface area (Å²) in [7, 11) is 0. The molecule has 0 saturated carbocycles. The number of benzene rings is 2. The van der Waals surface area contributed by atoms with E-state index in [2.05, 4.69) is 16.9 Å². The molecule has 0 spiro atoms. The van der Waals surface area contributed by atoms with Crippen molar-refractivity contribution in [2.24, 2.45) is 0 Å². The number of hydrogen-bond donors (Lipinski definition) is 2. The first-order chi connectivity index (χ1) is 14.1. The number of amides is 3. The highest BCUT2D eigenvalue weighted by atomic mass is 16.2. The molecule has 0 radical (unpaired) electrons. The van der Waals surface area contributed by atoms with Crippen molar-refractivity contribution < 1.29 is 14.4 Å². The molecule has 2 N–H and O–H groups in total. The van der Waals surface area contributed by atoms with Crippen LogP contribution in [0.25, 0.3) is 10.9 Å². The Hall–Kier alpha value is -3.67. The zero-order chi connectivity index (χ0) is 20.4. The highest BCUT2D eigenvalue weighted by molar-refractivity contribution is 6.21. The van der Waals surface area contributed by atoms with E-state index < -0.39 is 0 Å². The van der Waals surface area contributed by atoms with Gasteiger partial charge in [0.1, 0.15) is 0 Å². The van der Waals surface area contributed by atoms with Crippen molar-refractivity contribution in [1.29, 1.82) is 0 Å². The molecule has 0 unspecified atom stereocenters. The minimum absolute atomic E-state index is 0.0626. The van der Waals surface area contributed by atoms with Gasteiger partial charge in [-0.25, -0.2) is 0 Å². The lowest BCUT2D eigenvalue weighted by Crippen LogP contribution is -2.31. The van der Waals surface area contributed by atoms with Crippen molar-refractivity contribution >= 4 is 28.6 Å². The number of H-pyrrole nitrogens is 1. The molecule has 6 heteroatoms. The second-order valence-electron chi connectivity index (χ2n) is 7.02. The van der Waals surface area contributed by atoms with Crippen molar-refractivity contribution in [3.8, 4) is 0 Å². The molecule has 1 aromatic heterocycles. The van der Waals surface area contributed by atoms with Gasteiger partial charge < -0.3 is 10.3 Å². The molecule has 2 heterocycles. The van der Waals surface area contributed by atoms with E-state index in [0.717, 1.165) is 22.0 Å². The van der Waals surface area contributed by atoms with E-state index in [0.29, 0.717) is 30.6 Å². The van der Waals surface area contributed by atoms with Gasteiger partial charge in [0.2, 0.25) is 5.91 Å². The summed E-state index contributed by atoms with van der Waals surface area (Å²) in [4.78, 5) is 41.6. The monoisotopic (exact) mass is 387 g/mol. The summed E-state index contributed by atoms with van der Waals surface area (Å²) in [5, 5.41) is 3.77. The van der Waals surface area contributed by atoms with Gasteiger partial charge in [0.15, 0.2) is 0 Å². The van der Waals surface area contributed by atoms with Crippen molar-refractivity contribution in [3.05, 3.63) is 83.6 Å². The zero-order valence-corrected chi connectivity index (χ0v) is 15.9. The smallest absolute Gasteiger partial charge is 0.261 e. The molecule has 0 saturated heterocycles. The minimum atomic E-state index is -0.245. The Morgan fingerprint density at radius 3 is 2.52 bits per heavy atom. The molecule has 1 aliphatic heterocycles. The maximum Gasteiger partial charge on any atom is 0.261 e. The molecule has 0 fully saturated rings. The maximum absolute atomic E-state index is 12.5. The van der Waals surface area contributed by atoms with Crippen LogP contribution in [0.4, 0.5) is 0 Å². The molecule has 0 aliphatic carbocycles. The van der Waals surface area contributed by atoms with Crippen LogP contribution in [0.2, 0.25) is 0 Å². The zero-order valence-electron chi connectivity index (χ0n) is 15.9. The van der Waals surface area contributed by atoms with Gasteiger partial charge in [0.05, 0.1) is 17.5 Å². The number of carbonyl (C=O) groups is 3. The van der Waals surface area contributed by atoms with Gasteiger partial charge in [-0.15, -0.1) is 6.58 Å². The van der Waals surface area contributed by atoms with E-state index >= 15 is 0 Å². The fourth-order valence-electron chi connectivity index (χ4n) is 3.65. The van der Waals surface area contributed by atoms with Crippen molar-refractivity contribution in [3.63, 3.8) is 0 Å². The van der Waals surface area contributed by atoms with Gasteiger partial charge in [0.25, 0.3) is 11.8 Å². The minimum Gasteiger partial charge on any atom is -0.361 e. The van der Waals surface area contributed by atoms with E-state index in [1.807, 2.05) is 24.4 Å². The summed E-state index contributed by atoms with van der Waals surface area (Å²) < 4.78 is 0. The molecule has 4 rings (SSSR count).